The molecule has 0 aliphatic carbocycles. The molecule has 0 aliphatic rings. The number of hydrogen-bond acceptors (Lipinski definition) is 4. The minimum atomic E-state index is -0.522. The van der Waals surface area contributed by atoms with Gasteiger partial charge in [-0.1, -0.05) is 60.7 Å². The molecule has 4 rings (SSSR count). The molecule has 2 N–H and O–H groups in total. The Morgan fingerprint density at radius 2 is 1.62 bits per heavy atom. The fourth-order valence-corrected chi connectivity index (χ4v) is 3.14. The van der Waals surface area contributed by atoms with Gasteiger partial charge in [-0.25, -0.2) is 9.78 Å². The van der Waals surface area contributed by atoms with E-state index < -0.39 is 11.9 Å². The Balaban J connectivity index is 1.66. The summed E-state index contributed by atoms with van der Waals surface area (Å²) in [6, 6.07) is 25.6. The number of primary amides is 1. The average Bonchev–Trinajstić information content (AvgIpc) is 2.77. The summed E-state index contributed by atoms with van der Waals surface area (Å²) in [4.78, 5) is 28.9. The van der Waals surface area contributed by atoms with Crippen molar-refractivity contribution >= 4 is 22.8 Å². The van der Waals surface area contributed by atoms with Crippen molar-refractivity contribution in [1.29, 1.82) is 0 Å². The molecule has 4 aromatic rings. The molecular weight excluding hydrogens is 364 g/mol. The molecular formula is C24H18N2O3. The molecule has 142 valence electrons. The van der Waals surface area contributed by atoms with Gasteiger partial charge in [0.05, 0.1) is 16.8 Å². The van der Waals surface area contributed by atoms with Gasteiger partial charge in [0, 0.05) is 16.5 Å². The lowest BCUT2D eigenvalue weighted by Crippen LogP contribution is -2.12. The van der Waals surface area contributed by atoms with Crippen LogP contribution in [0.15, 0.2) is 84.9 Å². The van der Waals surface area contributed by atoms with E-state index in [9.17, 15) is 9.59 Å². The number of nitrogens with zero attached hydrogens (tertiary/aromatic N) is 1. The maximum Gasteiger partial charge on any atom is 0.339 e. The van der Waals surface area contributed by atoms with Crippen LogP contribution in [-0.2, 0) is 11.3 Å². The second-order valence-electron chi connectivity index (χ2n) is 6.58. The number of hydrogen-bond donors (Lipinski definition) is 1. The Morgan fingerprint density at radius 1 is 0.862 bits per heavy atom. The predicted molar refractivity (Wildman–Crippen MR) is 111 cm³/mol. The maximum absolute atomic E-state index is 12.9. The Bertz CT molecular complexity index is 1200. The van der Waals surface area contributed by atoms with E-state index in [0.717, 1.165) is 16.5 Å². The fraction of sp³-hybridized carbons (Fsp3) is 0.0417. The summed E-state index contributed by atoms with van der Waals surface area (Å²) in [5.41, 5.74) is 9.16. The highest BCUT2D eigenvalue weighted by molar-refractivity contribution is 6.04. The number of para-hydroxylation sites is 1. The van der Waals surface area contributed by atoms with E-state index in [0.29, 0.717) is 22.4 Å². The van der Waals surface area contributed by atoms with Gasteiger partial charge in [-0.05, 0) is 29.8 Å². The summed E-state index contributed by atoms with van der Waals surface area (Å²) in [6.45, 7) is 0.0390. The number of amides is 1. The van der Waals surface area contributed by atoms with Crippen LogP contribution in [0.2, 0.25) is 0 Å². The second-order valence-corrected chi connectivity index (χ2v) is 6.58. The SMILES string of the molecule is NC(=O)c1cccc(COC(=O)c2cc(-c3ccccc3)nc3ccccc23)c1. The molecule has 0 saturated heterocycles. The van der Waals surface area contributed by atoms with Gasteiger partial charge in [0.1, 0.15) is 6.61 Å². The van der Waals surface area contributed by atoms with E-state index >= 15 is 0 Å². The Hall–Kier alpha value is -3.99. The van der Waals surface area contributed by atoms with Gasteiger partial charge in [-0.3, -0.25) is 4.79 Å². The van der Waals surface area contributed by atoms with Gasteiger partial charge in [0.2, 0.25) is 5.91 Å². The van der Waals surface area contributed by atoms with Crippen LogP contribution in [0.1, 0.15) is 26.3 Å². The summed E-state index contributed by atoms with van der Waals surface area (Å²) in [7, 11) is 0. The van der Waals surface area contributed by atoms with Crippen LogP contribution in [0.3, 0.4) is 0 Å². The molecule has 1 aromatic heterocycles. The number of carbonyl (C=O) groups excluding carboxylic acids is 2. The van der Waals surface area contributed by atoms with Gasteiger partial charge < -0.3 is 10.5 Å². The third-order valence-corrected chi connectivity index (χ3v) is 4.59. The van der Waals surface area contributed by atoms with Crippen molar-refractivity contribution in [1.82, 2.24) is 4.98 Å². The van der Waals surface area contributed by atoms with Gasteiger partial charge in [-0.2, -0.15) is 0 Å². The first-order valence-electron chi connectivity index (χ1n) is 9.13. The summed E-state index contributed by atoms with van der Waals surface area (Å²) >= 11 is 0. The molecule has 0 spiro atoms. The molecule has 29 heavy (non-hydrogen) atoms. The highest BCUT2D eigenvalue weighted by Gasteiger charge is 2.15. The number of nitrogens with two attached hydrogens (primary N) is 1. The number of carbonyl (C=O) groups is 2. The van der Waals surface area contributed by atoms with E-state index in [1.54, 1.807) is 30.3 Å². The fourth-order valence-electron chi connectivity index (χ4n) is 3.14. The van der Waals surface area contributed by atoms with Gasteiger partial charge in [0.15, 0.2) is 0 Å². The minimum Gasteiger partial charge on any atom is -0.457 e. The lowest BCUT2D eigenvalue weighted by molar-refractivity contribution is 0.0475. The summed E-state index contributed by atoms with van der Waals surface area (Å²) in [6.07, 6.45) is 0. The second kappa shape index (κ2) is 7.94. The third-order valence-electron chi connectivity index (χ3n) is 4.59. The van der Waals surface area contributed by atoms with Crippen molar-refractivity contribution in [3.05, 3.63) is 102 Å². The molecule has 0 aliphatic heterocycles. The minimum absolute atomic E-state index is 0.0390. The van der Waals surface area contributed by atoms with Crippen LogP contribution in [0.5, 0.6) is 0 Å². The van der Waals surface area contributed by atoms with E-state index in [1.165, 1.54) is 0 Å². The molecule has 1 amide bonds. The first kappa shape index (κ1) is 18.4. The average molecular weight is 382 g/mol. The van der Waals surface area contributed by atoms with Gasteiger partial charge >= 0.3 is 5.97 Å². The molecule has 0 saturated carbocycles. The zero-order valence-corrected chi connectivity index (χ0v) is 15.5. The van der Waals surface area contributed by atoms with Gasteiger partial charge in [-0.15, -0.1) is 0 Å². The first-order valence-corrected chi connectivity index (χ1v) is 9.13. The van der Waals surface area contributed by atoms with Crippen LogP contribution < -0.4 is 5.73 Å². The highest BCUT2D eigenvalue weighted by Crippen LogP contribution is 2.25. The van der Waals surface area contributed by atoms with Crippen LogP contribution in [0.25, 0.3) is 22.2 Å². The Morgan fingerprint density at radius 3 is 2.41 bits per heavy atom. The monoisotopic (exact) mass is 382 g/mol. The number of esters is 1. The first-order chi connectivity index (χ1) is 14.1. The van der Waals surface area contributed by atoms with E-state index in [1.807, 2.05) is 54.6 Å². The number of fused-ring (bicyclic) bond motifs is 1. The normalized spacial score (nSPS) is 10.6. The van der Waals surface area contributed by atoms with Gasteiger partial charge in [0.25, 0.3) is 0 Å². The maximum atomic E-state index is 12.9. The molecule has 3 aromatic carbocycles. The van der Waals surface area contributed by atoms with Crippen LogP contribution >= 0.6 is 0 Å². The number of pyridine rings is 1. The highest BCUT2D eigenvalue weighted by atomic mass is 16.5. The molecule has 5 nitrogen and oxygen atoms in total. The lowest BCUT2D eigenvalue weighted by atomic mass is 10.0. The van der Waals surface area contributed by atoms with Crippen molar-refractivity contribution in [2.24, 2.45) is 5.73 Å². The van der Waals surface area contributed by atoms with E-state index in [-0.39, 0.29) is 6.61 Å². The van der Waals surface area contributed by atoms with Crippen molar-refractivity contribution in [3.8, 4) is 11.3 Å². The number of rotatable bonds is 5. The summed E-state index contributed by atoms with van der Waals surface area (Å²) in [5.74, 6) is -0.976. The topological polar surface area (TPSA) is 82.3 Å². The standard InChI is InChI=1S/C24H18N2O3/c25-23(27)18-10-6-7-16(13-18)15-29-24(28)20-14-22(17-8-2-1-3-9-17)26-21-12-5-4-11-19(20)21/h1-14H,15H2,(H2,25,27). The number of ether oxygens (including phenoxy) is 1. The molecule has 5 heteroatoms. The summed E-state index contributed by atoms with van der Waals surface area (Å²) < 4.78 is 5.53. The van der Waals surface area contributed by atoms with Crippen molar-refractivity contribution in [2.45, 2.75) is 6.61 Å². The molecule has 0 bridgehead atoms. The molecule has 0 fully saturated rings. The van der Waals surface area contributed by atoms with Crippen molar-refractivity contribution in [3.63, 3.8) is 0 Å². The predicted octanol–water partition coefficient (Wildman–Crippen LogP) is 4.36. The largest absolute Gasteiger partial charge is 0.457 e. The molecule has 1 heterocycles. The van der Waals surface area contributed by atoms with Crippen LogP contribution in [-0.4, -0.2) is 16.9 Å². The Labute approximate surface area is 167 Å². The zero-order chi connectivity index (χ0) is 20.2. The van der Waals surface area contributed by atoms with E-state index in [4.69, 9.17) is 10.5 Å². The van der Waals surface area contributed by atoms with Crippen LogP contribution in [0.4, 0.5) is 0 Å². The molecule has 0 unspecified atom stereocenters. The number of aromatic nitrogens is 1. The van der Waals surface area contributed by atoms with Crippen molar-refractivity contribution in [2.75, 3.05) is 0 Å². The smallest absolute Gasteiger partial charge is 0.339 e. The Kier molecular flexibility index (Phi) is 5.03. The molecule has 0 radical (unpaired) electrons. The van der Waals surface area contributed by atoms with Crippen LogP contribution in [0, 0.1) is 0 Å². The number of benzene rings is 3. The lowest BCUT2D eigenvalue weighted by Gasteiger charge is -2.10. The third kappa shape index (κ3) is 3.99. The quantitative estimate of drug-likeness (QED) is 0.520. The molecule has 0 atom stereocenters. The van der Waals surface area contributed by atoms with Crippen molar-refractivity contribution < 1.29 is 14.3 Å². The zero-order valence-electron chi connectivity index (χ0n) is 15.5. The van der Waals surface area contributed by atoms with E-state index in [2.05, 4.69) is 4.98 Å². The summed E-state index contributed by atoms with van der Waals surface area (Å²) in [5, 5.41) is 0.725.